The summed E-state index contributed by atoms with van der Waals surface area (Å²) in [5.41, 5.74) is 13.9. The van der Waals surface area contributed by atoms with Crippen molar-refractivity contribution in [1.29, 1.82) is 0 Å². The summed E-state index contributed by atoms with van der Waals surface area (Å²) in [6, 6.07) is 0. The number of nitrogens with two attached hydrogens (primary N) is 2. The smallest absolute Gasteiger partial charge is 0.0182 e. The minimum atomic E-state index is 0.119. The van der Waals surface area contributed by atoms with E-state index < -0.39 is 0 Å². The van der Waals surface area contributed by atoms with Crippen LogP contribution in [0.2, 0.25) is 0 Å². The van der Waals surface area contributed by atoms with Crippen LogP contribution in [0.4, 0.5) is 0 Å². The summed E-state index contributed by atoms with van der Waals surface area (Å²) >= 11 is 0. The molecule has 0 heterocycles. The average molecular weight is 337 g/mol. The lowest BCUT2D eigenvalue weighted by Gasteiger charge is -2.43. The molecule has 0 aromatic carbocycles. The Labute approximate surface area is 151 Å². The van der Waals surface area contributed by atoms with Crippen LogP contribution in [-0.4, -0.2) is 11.1 Å². The second kappa shape index (κ2) is 10.2. The minimum Gasteiger partial charge on any atom is -0.325 e. The van der Waals surface area contributed by atoms with Crippen molar-refractivity contribution in [2.75, 3.05) is 0 Å². The summed E-state index contributed by atoms with van der Waals surface area (Å²) < 4.78 is 0. The van der Waals surface area contributed by atoms with Gasteiger partial charge < -0.3 is 11.5 Å². The zero-order valence-corrected chi connectivity index (χ0v) is 16.5. The second-order valence-electron chi connectivity index (χ2n) is 9.16. The Morgan fingerprint density at radius 1 is 0.708 bits per heavy atom. The molecular weight excluding hydrogens is 292 g/mol. The lowest BCUT2D eigenvalue weighted by atomic mass is 9.68. The van der Waals surface area contributed by atoms with E-state index in [0.717, 1.165) is 0 Å². The van der Waals surface area contributed by atoms with Crippen molar-refractivity contribution < 1.29 is 0 Å². The third kappa shape index (κ3) is 6.33. The fourth-order valence-electron chi connectivity index (χ4n) is 5.30. The summed E-state index contributed by atoms with van der Waals surface area (Å²) in [4.78, 5) is 0. The van der Waals surface area contributed by atoms with Crippen LogP contribution in [0.25, 0.3) is 0 Å². The Hall–Kier alpha value is -0.0800. The van der Waals surface area contributed by atoms with Crippen LogP contribution >= 0.6 is 0 Å². The predicted molar refractivity (Wildman–Crippen MR) is 106 cm³/mol. The molecule has 2 aliphatic carbocycles. The Kier molecular flexibility index (Phi) is 8.57. The van der Waals surface area contributed by atoms with Gasteiger partial charge in [0.2, 0.25) is 0 Å². The molecule has 0 bridgehead atoms. The van der Waals surface area contributed by atoms with Gasteiger partial charge in [-0.05, 0) is 50.9 Å². The summed E-state index contributed by atoms with van der Waals surface area (Å²) in [6.07, 6.45) is 23.9. The van der Waals surface area contributed by atoms with Crippen molar-refractivity contribution in [2.24, 2.45) is 17.4 Å². The van der Waals surface area contributed by atoms with Gasteiger partial charge in [0.1, 0.15) is 0 Å². The van der Waals surface area contributed by atoms with Crippen LogP contribution in [0.5, 0.6) is 0 Å². The molecule has 1 atom stereocenters. The largest absolute Gasteiger partial charge is 0.325 e. The number of rotatable bonds is 10. The van der Waals surface area contributed by atoms with Crippen LogP contribution in [0, 0.1) is 5.92 Å². The molecule has 2 heteroatoms. The zero-order valence-electron chi connectivity index (χ0n) is 16.5. The van der Waals surface area contributed by atoms with E-state index in [9.17, 15) is 0 Å². The van der Waals surface area contributed by atoms with Crippen molar-refractivity contribution in [3.05, 3.63) is 0 Å². The monoisotopic (exact) mass is 336 g/mol. The van der Waals surface area contributed by atoms with Gasteiger partial charge in [-0.3, -0.25) is 0 Å². The molecule has 2 aliphatic rings. The lowest BCUT2D eigenvalue weighted by molar-refractivity contribution is 0.152. The van der Waals surface area contributed by atoms with Crippen molar-refractivity contribution in [3.8, 4) is 0 Å². The number of hydrogen-bond donors (Lipinski definition) is 2. The minimum absolute atomic E-state index is 0.119. The van der Waals surface area contributed by atoms with Crippen LogP contribution in [0.15, 0.2) is 0 Å². The van der Waals surface area contributed by atoms with Gasteiger partial charge in [-0.2, -0.15) is 0 Å². The predicted octanol–water partition coefficient (Wildman–Crippen LogP) is 6.07. The molecule has 0 aliphatic heterocycles. The third-order valence-corrected chi connectivity index (χ3v) is 7.09. The maximum atomic E-state index is 6.96. The fraction of sp³-hybridized carbons (Fsp3) is 1.00. The van der Waals surface area contributed by atoms with E-state index in [1.54, 1.807) is 0 Å². The molecule has 2 saturated carbocycles. The molecule has 0 aromatic heterocycles. The Morgan fingerprint density at radius 3 is 1.92 bits per heavy atom. The molecule has 24 heavy (non-hydrogen) atoms. The molecule has 1 unspecified atom stereocenters. The summed E-state index contributed by atoms with van der Waals surface area (Å²) in [5.74, 6) is 0.710. The average Bonchev–Trinajstić information content (AvgIpc) is 2.58. The van der Waals surface area contributed by atoms with Gasteiger partial charge >= 0.3 is 0 Å². The van der Waals surface area contributed by atoms with Crippen LogP contribution in [-0.2, 0) is 0 Å². The highest BCUT2D eigenvalue weighted by atomic mass is 14.8. The van der Waals surface area contributed by atoms with E-state index in [-0.39, 0.29) is 11.1 Å². The molecule has 0 spiro atoms. The van der Waals surface area contributed by atoms with Crippen LogP contribution in [0.1, 0.15) is 122 Å². The third-order valence-electron chi connectivity index (χ3n) is 7.09. The molecule has 2 rings (SSSR count). The van der Waals surface area contributed by atoms with Gasteiger partial charge in [-0.25, -0.2) is 0 Å². The van der Waals surface area contributed by atoms with Gasteiger partial charge in [0.15, 0.2) is 0 Å². The molecule has 0 saturated heterocycles. The molecule has 2 nitrogen and oxygen atoms in total. The summed E-state index contributed by atoms with van der Waals surface area (Å²) in [7, 11) is 0. The first-order chi connectivity index (χ1) is 11.6. The standard InChI is InChI=1S/C22H44N2/c1-2-3-4-5-8-13-20(22(24)17-11-7-12-18-22)14-19-21(23)15-9-6-10-16-21/h20H,2-19,23-24H2,1H3. The van der Waals surface area contributed by atoms with Crippen molar-refractivity contribution >= 4 is 0 Å². The van der Waals surface area contributed by atoms with Gasteiger partial charge in [0.25, 0.3) is 0 Å². The number of unbranched alkanes of at least 4 members (excludes halogenated alkanes) is 4. The van der Waals surface area contributed by atoms with Crippen molar-refractivity contribution in [1.82, 2.24) is 0 Å². The lowest BCUT2D eigenvalue weighted by Crippen LogP contribution is -2.50. The molecule has 0 aromatic rings. The topological polar surface area (TPSA) is 52.0 Å². The van der Waals surface area contributed by atoms with Gasteiger partial charge in [0.05, 0.1) is 0 Å². The fourth-order valence-corrected chi connectivity index (χ4v) is 5.30. The Bertz CT molecular complexity index is 327. The highest BCUT2D eigenvalue weighted by Gasteiger charge is 2.37. The Balaban J connectivity index is 1.86. The van der Waals surface area contributed by atoms with Crippen LogP contribution < -0.4 is 11.5 Å². The molecule has 142 valence electrons. The van der Waals surface area contributed by atoms with E-state index in [2.05, 4.69) is 6.92 Å². The van der Waals surface area contributed by atoms with E-state index in [0.29, 0.717) is 5.92 Å². The first-order valence-corrected chi connectivity index (χ1v) is 11.2. The quantitative estimate of drug-likeness (QED) is 0.476. The number of hydrogen-bond acceptors (Lipinski definition) is 2. The van der Waals surface area contributed by atoms with E-state index in [1.165, 1.54) is 116 Å². The van der Waals surface area contributed by atoms with Gasteiger partial charge in [-0.15, -0.1) is 0 Å². The molecular formula is C22H44N2. The SMILES string of the molecule is CCCCCCCC(CCC1(N)CCCCC1)C1(N)CCCCC1. The maximum Gasteiger partial charge on any atom is 0.0182 e. The first-order valence-electron chi connectivity index (χ1n) is 11.2. The van der Waals surface area contributed by atoms with Gasteiger partial charge in [-0.1, -0.05) is 77.6 Å². The summed E-state index contributed by atoms with van der Waals surface area (Å²) in [5, 5.41) is 0. The van der Waals surface area contributed by atoms with E-state index in [1.807, 2.05) is 0 Å². The van der Waals surface area contributed by atoms with Crippen molar-refractivity contribution in [3.63, 3.8) is 0 Å². The molecule has 2 fully saturated rings. The molecule has 0 amide bonds. The zero-order chi connectivity index (χ0) is 17.3. The van der Waals surface area contributed by atoms with E-state index >= 15 is 0 Å². The highest BCUT2D eigenvalue weighted by Crippen LogP contribution is 2.40. The highest BCUT2D eigenvalue weighted by molar-refractivity contribution is 4.96. The molecule has 0 radical (unpaired) electrons. The second-order valence-corrected chi connectivity index (χ2v) is 9.16. The summed E-state index contributed by atoms with van der Waals surface area (Å²) in [6.45, 7) is 2.30. The maximum absolute atomic E-state index is 6.96. The van der Waals surface area contributed by atoms with Gasteiger partial charge in [0, 0.05) is 11.1 Å². The van der Waals surface area contributed by atoms with Crippen LogP contribution in [0.3, 0.4) is 0 Å². The Morgan fingerprint density at radius 2 is 1.29 bits per heavy atom. The normalized spacial score (nSPS) is 24.6. The molecule has 4 N–H and O–H groups in total. The van der Waals surface area contributed by atoms with E-state index in [4.69, 9.17) is 11.5 Å². The van der Waals surface area contributed by atoms with Crippen molar-refractivity contribution in [2.45, 2.75) is 134 Å². The first kappa shape index (κ1) is 20.2.